The Kier molecular flexibility index (Phi) is 5.87. The summed E-state index contributed by atoms with van der Waals surface area (Å²) >= 11 is 0. The van der Waals surface area contributed by atoms with E-state index in [1.807, 2.05) is 6.92 Å². The lowest BCUT2D eigenvalue weighted by Gasteiger charge is -2.44. The number of benzene rings is 2. The number of aliphatic hydroxyl groups is 1. The van der Waals surface area contributed by atoms with E-state index in [1.54, 1.807) is 48.5 Å². The van der Waals surface area contributed by atoms with Crippen LogP contribution in [-0.2, 0) is 10.5 Å². The summed E-state index contributed by atoms with van der Waals surface area (Å²) < 4.78 is 5.48. The Labute approximate surface area is 182 Å². The fourth-order valence-corrected chi connectivity index (χ4v) is 4.52. The first-order chi connectivity index (χ1) is 14.9. The number of urea groups is 1. The number of carbonyl (C=O) groups excluding carboxylic acids is 2. The van der Waals surface area contributed by atoms with E-state index in [2.05, 4.69) is 17.6 Å². The Morgan fingerprint density at radius 2 is 1.90 bits per heavy atom. The van der Waals surface area contributed by atoms with Crippen LogP contribution >= 0.6 is 0 Å². The lowest BCUT2D eigenvalue weighted by atomic mass is 9.85. The standard InChI is InChI=1S/C24H29N3O4/c1-3-31-18-14-12-17(13-15-18)27-23(29)26-21-11-7-5-9-19(21)24(27,30)22(28)25-20-10-6-4-8-16(20)2/h5,7,9,11-16,20,30H,3-4,6,8,10H2,1-2H3,(H,25,28)(H,26,29)/t16-,20+,24-/m0/s1. The molecule has 1 heterocycles. The van der Waals surface area contributed by atoms with Crippen LogP contribution < -0.4 is 20.3 Å². The Bertz CT molecular complexity index is 962. The minimum atomic E-state index is -2.18. The van der Waals surface area contributed by atoms with E-state index >= 15 is 0 Å². The van der Waals surface area contributed by atoms with Gasteiger partial charge in [0, 0.05) is 17.3 Å². The zero-order chi connectivity index (χ0) is 22.0. The van der Waals surface area contributed by atoms with Gasteiger partial charge in [-0.1, -0.05) is 38.0 Å². The van der Waals surface area contributed by atoms with Gasteiger partial charge in [0.25, 0.3) is 11.6 Å². The van der Waals surface area contributed by atoms with Crippen molar-refractivity contribution in [2.45, 2.75) is 51.3 Å². The quantitative estimate of drug-likeness (QED) is 0.679. The van der Waals surface area contributed by atoms with Crippen LogP contribution in [0.2, 0.25) is 0 Å². The highest BCUT2D eigenvalue weighted by Crippen LogP contribution is 2.40. The van der Waals surface area contributed by atoms with Crippen molar-refractivity contribution in [3.63, 3.8) is 0 Å². The van der Waals surface area contributed by atoms with Crippen molar-refractivity contribution in [1.82, 2.24) is 5.32 Å². The van der Waals surface area contributed by atoms with Crippen molar-refractivity contribution < 1.29 is 19.4 Å². The summed E-state index contributed by atoms with van der Waals surface area (Å²) in [5.74, 6) is 0.364. The van der Waals surface area contributed by atoms with Gasteiger partial charge in [0.15, 0.2) is 0 Å². The second-order valence-corrected chi connectivity index (χ2v) is 8.25. The van der Waals surface area contributed by atoms with E-state index < -0.39 is 17.7 Å². The third-order valence-corrected chi connectivity index (χ3v) is 6.22. The summed E-state index contributed by atoms with van der Waals surface area (Å²) in [5, 5.41) is 17.7. The van der Waals surface area contributed by atoms with Crippen LogP contribution in [-0.4, -0.2) is 29.7 Å². The first kappa shape index (κ1) is 21.2. The van der Waals surface area contributed by atoms with Crippen LogP contribution in [0, 0.1) is 5.92 Å². The zero-order valence-corrected chi connectivity index (χ0v) is 17.9. The minimum absolute atomic E-state index is 0.0374. The second-order valence-electron chi connectivity index (χ2n) is 8.25. The van der Waals surface area contributed by atoms with Crippen LogP contribution in [0.3, 0.4) is 0 Å². The largest absolute Gasteiger partial charge is 0.494 e. The van der Waals surface area contributed by atoms with Crippen molar-refractivity contribution in [3.05, 3.63) is 54.1 Å². The number of para-hydroxylation sites is 1. The van der Waals surface area contributed by atoms with Crippen LogP contribution in [0.25, 0.3) is 0 Å². The summed E-state index contributed by atoms with van der Waals surface area (Å²) in [4.78, 5) is 27.8. The lowest BCUT2D eigenvalue weighted by Crippen LogP contribution is -2.64. The summed E-state index contributed by atoms with van der Waals surface area (Å²) in [7, 11) is 0. The van der Waals surface area contributed by atoms with Gasteiger partial charge in [0.05, 0.1) is 12.3 Å². The predicted octanol–water partition coefficient (Wildman–Crippen LogP) is 3.98. The molecule has 4 rings (SSSR count). The number of ether oxygens (including phenoxy) is 1. The number of nitrogens with zero attached hydrogens (tertiary/aromatic N) is 1. The van der Waals surface area contributed by atoms with Gasteiger partial charge in [-0.25, -0.2) is 4.79 Å². The Morgan fingerprint density at radius 3 is 2.61 bits per heavy atom. The molecule has 0 aromatic heterocycles. The molecular formula is C24H29N3O4. The van der Waals surface area contributed by atoms with Gasteiger partial charge < -0.3 is 20.5 Å². The first-order valence-electron chi connectivity index (χ1n) is 10.9. The summed E-state index contributed by atoms with van der Waals surface area (Å²) in [6.45, 7) is 4.51. The normalized spacial score (nSPS) is 25.4. The molecule has 3 N–H and O–H groups in total. The summed E-state index contributed by atoms with van der Waals surface area (Å²) in [6.07, 6.45) is 4.07. The van der Waals surface area contributed by atoms with E-state index in [-0.39, 0.29) is 6.04 Å². The number of amides is 3. The fraction of sp³-hybridized carbons (Fsp3) is 0.417. The van der Waals surface area contributed by atoms with Crippen molar-refractivity contribution in [2.24, 2.45) is 5.92 Å². The molecule has 2 aliphatic rings. The monoisotopic (exact) mass is 423 g/mol. The van der Waals surface area contributed by atoms with Gasteiger partial charge in [0.1, 0.15) is 5.75 Å². The molecule has 0 bridgehead atoms. The SMILES string of the molecule is CCOc1ccc(N2C(=O)Nc3ccccc3[C@]2(O)C(=O)N[C@@H]2CCCC[C@@H]2C)cc1. The molecule has 7 nitrogen and oxygen atoms in total. The van der Waals surface area contributed by atoms with E-state index in [4.69, 9.17) is 4.74 Å². The molecule has 1 aliphatic carbocycles. The van der Waals surface area contributed by atoms with Gasteiger partial charge in [-0.15, -0.1) is 0 Å². The van der Waals surface area contributed by atoms with Crippen LogP contribution in [0.1, 0.15) is 45.1 Å². The lowest BCUT2D eigenvalue weighted by molar-refractivity contribution is -0.141. The van der Waals surface area contributed by atoms with Gasteiger partial charge in [0.2, 0.25) is 0 Å². The van der Waals surface area contributed by atoms with Gasteiger partial charge in [-0.05, 0) is 56.0 Å². The third-order valence-electron chi connectivity index (χ3n) is 6.22. The van der Waals surface area contributed by atoms with Crippen molar-refractivity contribution in [1.29, 1.82) is 0 Å². The smallest absolute Gasteiger partial charge is 0.329 e. The van der Waals surface area contributed by atoms with Crippen LogP contribution in [0.15, 0.2) is 48.5 Å². The highest BCUT2D eigenvalue weighted by atomic mass is 16.5. The molecular weight excluding hydrogens is 394 g/mol. The topological polar surface area (TPSA) is 90.9 Å². The van der Waals surface area contributed by atoms with Crippen molar-refractivity contribution in [3.8, 4) is 5.75 Å². The maximum atomic E-state index is 13.6. The first-order valence-corrected chi connectivity index (χ1v) is 10.9. The molecule has 1 aliphatic heterocycles. The highest BCUT2D eigenvalue weighted by Gasteiger charge is 2.52. The van der Waals surface area contributed by atoms with Crippen LogP contribution in [0.5, 0.6) is 5.75 Å². The molecule has 0 unspecified atom stereocenters. The Morgan fingerprint density at radius 1 is 1.19 bits per heavy atom. The average molecular weight is 424 g/mol. The van der Waals surface area contributed by atoms with E-state index in [0.717, 1.165) is 30.6 Å². The molecule has 0 saturated heterocycles. The highest BCUT2D eigenvalue weighted by molar-refractivity contribution is 6.11. The van der Waals surface area contributed by atoms with E-state index in [9.17, 15) is 14.7 Å². The third kappa shape index (κ3) is 3.85. The number of fused-ring (bicyclic) bond motifs is 1. The summed E-state index contributed by atoms with van der Waals surface area (Å²) in [5.41, 5.74) is -1.03. The van der Waals surface area contributed by atoms with Crippen molar-refractivity contribution in [2.75, 3.05) is 16.8 Å². The molecule has 2 aromatic rings. The predicted molar refractivity (Wildman–Crippen MR) is 119 cm³/mol. The Balaban J connectivity index is 1.75. The number of hydrogen-bond acceptors (Lipinski definition) is 4. The fourth-order valence-electron chi connectivity index (χ4n) is 4.52. The molecule has 164 valence electrons. The average Bonchev–Trinajstić information content (AvgIpc) is 2.76. The van der Waals surface area contributed by atoms with Gasteiger partial charge >= 0.3 is 6.03 Å². The van der Waals surface area contributed by atoms with Crippen molar-refractivity contribution >= 4 is 23.3 Å². The second kappa shape index (κ2) is 8.59. The molecule has 0 spiro atoms. The van der Waals surface area contributed by atoms with Gasteiger partial charge in [-0.3, -0.25) is 9.69 Å². The Hall–Kier alpha value is -3.06. The molecule has 1 fully saturated rings. The van der Waals surface area contributed by atoms with Crippen LogP contribution in [0.4, 0.5) is 16.2 Å². The molecule has 31 heavy (non-hydrogen) atoms. The molecule has 3 atom stereocenters. The molecule has 1 saturated carbocycles. The molecule has 0 radical (unpaired) electrons. The van der Waals surface area contributed by atoms with E-state index in [1.165, 1.54) is 0 Å². The number of anilines is 2. The number of hydrogen-bond donors (Lipinski definition) is 3. The number of nitrogens with one attached hydrogen (secondary N) is 2. The molecule has 2 aromatic carbocycles. The maximum absolute atomic E-state index is 13.6. The van der Waals surface area contributed by atoms with Gasteiger partial charge in [-0.2, -0.15) is 0 Å². The number of carbonyl (C=O) groups is 2. The van der Waals surface area contributed by atoms with E-state index in [0.29, 0.717) is 35.2 Å². The molecule has 3 amide bonds. The summed E-state index contributed by atoms with van der Waals surface area (Å²) in [6, 6.07) is 13.0. The number of rotatable bonds is 5. The minimum Gasteiger partial charge on any atom is -0.494 e. The zero-order valence-electron chi connectivity index (χ0n) is 17.9. The molecule has 7 heteroatoms. The maximum Gasteiger partial charge on any atom is 0.329 e.